The first kappa shape index (κ1) is 7.80. The lowest BCUT2D eigenvalue weighted by molar-refractivity contribution is 0.628. The van der Waals surface area contributed by atoms with Crippen molar-refractivity contribution in [2.75, 3.05) is 5.88 Å². The van der Waals surface area contributed by atoms with Gasteiger partial charge in [0, 0.05) is 6.21 Å². The molecule has 1 heterocycles. The minimum atomic E-state index is 0.545. The van der Waals surface area contributed by atoms with E-state index in [1.54, 1.807) is 0 Å². The van der Waals surface area contributed by atoms with E-state index in [0.717, 1.165) is 24.5 Å². The Bertz CT molecular complexity index is 161. The van der Waals surface area contributed by atoms with E-state index in [1.165, 1.54) is 0 Å². The average molecular weight is 158 g/mol. The van der Waals surface area contributed by atoms with Crippen LogP contribution in [-0.4, -0.2) is 12.1 Å². The van der Waals surface area contributed by atoms with Gasteiger partial charge in [0.05, 0.1) is 11.6 Å². The molecule has 1 rings (SSSR count). The van der Waals surface area contributed by atoms with Gasteiger partial charge < -0.3 is 0 Å². The SMILES string of the molecule is CC1CC=NC(CCl)=CC1. The van der Waals surface area contributed by atoms with Crippen LogP contribution < -0.4 is 0 Å². The van der Waals surface area contributed by atoms with Gasteiger partial charge in [0.15, 0.2) is 0 Å². The van der Waals surface area contributed by atoms with Crippen LogP contribution in [0.15, 0.2) is 16.8 Å². The van der Waals surface area contributed by atoms with Crippen LogP contribution in [0, 0.1) is 5.92 Å². The van der Waals surface area contributed by atoms with E-state index in [1.807, 2.05) is 6.21 Å². The second kappa shape index (κ2) is 3.77. The molecule has 0 saturated carbocycles. The summed E-state index contributed by atoms with van der Waals surface area (Å²) < 4.78 is 0. The normalized spacial score (nSPS) is 25.8. The van der Waals surface area contributed by atoms with Crippen LogP contribution in [0.5, 0.6) is 0 Å². The van der Waals surface area contributed by atoms with Crippen molar-refractivity contribution < 1.29 is 0 Å². The highest BCUT2D eigenvalue weighted by atomic mass is 35.5. The van der Waals surface area contributed by atoms with E-state index in [9.17, 15) is 0 Å². The Morgan fingerprint density at radius 3 is 3.20 bits per heavy atom. The number of alkyl halides is 1. The predicted octanol–water partition coefficient (Wildman–Crippen LogP) is 2.61. The molecule has 0 amide bonds. The molecule has 0 bridgehead atoms. The summed E-state index contributed by atoms with van der Waals surface area (Å²) in [6.07, 6.45) is 6.28. The first-order valence-corrected chi connectivity index (χ1v) is 4.14. The van der Waals surface area contributed by atoms with Crippen molar-refractivity contribution in [3.8, 4) is 0 Å². The molecule has 1 aliphatic rings. The lowest BCUT2D eigenvalue weighted by Crippen LogP contribution is -1.90. The van der Waals surface area contributed by atoms with Gasteiger partial charge in [-0.3, -0.25) is 4.99 Å². The number of nitrogens with zero attached hydrogens (tertiary/aromatic N) is 1. The minimum absolute atomic E-state index is 0.545. The standard InChI is InChI=1S/C8H12ClN/c1-7-2-3-8(6-9)10-5-4-7/h3,5,7H,2,4,6H2,1H3. The van der Waals surface area contributed by atoms with E-state index in [0.29, 0.717) is 5.88 Å². The predicted molar refractivity (Wildman–Crippen MR) is 45.7 cm³/mol. The van der Waals surface area contributed by atoms with Crippen LogP contribution in [-0.2, 0) is 0 Å². The van der Waals surface area contributed by atoms with Gasteiger partial charge in [-0.25, -0.2) is 0 Å². The summed E-state index contributed by atoms with van der Waals surface area (Å²) in [4.78, 5) is 4.20. The maximum absolute atomic E-state index is 5.62. The van der Waals surface area contributed by atoms with Crippen LogP contribution in [0.1, 0.15) is 19.8 Å². The summed E-state index contributed by atoms with van der Waals surface area (Å²) in [5, 5.41) is 0. The molecule has 1 aliphatic heterocycles. The van der Waals surface area contributed by atoms with E-state index >= 15 is 0 Å². The van der Waals surface area contributed by atoms with E-state index in [2.05, 4.69) is 18.0 Å². The lowest BCUT2D eigenvalue weighted by atomic mass is 10.1. The topological polar surface area (TPSA) is 12.4 Å². The molecule has 1 unspecified atom stereocenters. The lowest BCUT2D eigenvalue weighted by Gasteiger charge is -1.99. The summed E-state index contributed by atoms with van der Waals surface area (Å²) in [5.41, 5.74) is 1.02. The summed E-state index contributed by atoms with van der Waals surface area (Å²) in [5.74, 6) is 1.27. The zero-order valence-electron chi connectivity index (χ0n) is 6.18. The van der Waals surface area contributed by atoms with Crippen LogP contribution in [0.3, 0.4) is 0 Å². The molecule has 0 spiro atoms. The number of allylic oxidation sites excluding steroid dienone is 2. The Hall–Kier alpha value is -0.300. The minimum Gasteiger partial charge on any atom is -0.265 e. The molecule has 0 aromatic heterocycles. The Kier molecular flexibility index (Phi) is 2.94. The summed E-state index contributed by atoms with van der Waals surface area (Å²) >= 11 is 5.62. The molecule has 0 fully saturated rings. The van der Waals surface area contributed by atoms with Gasteiger partial charge in [-0.1, -0.05) is 13.0 Å². The van der Waals surface area contributed by atoms with Gasteiger partial charge in [-0.05, 0) is 18.8 Å². The van der Waals surface area contributed by atoms with Gasteiger partial charge in [0.1, 0.15) is 0 Å². The largest absolute Gasteiger partial charge is 0.265 e. The monoisotopic (exact) mass is 157 g/mol. The molecule has 0 aromatic rings. The van der Waals surface area contributed by atoms with E-state index in [4.69, 9.17) is 11.6 Å². The summed E-state index contributed by atoms with van der Waals surface area (Å²) in [7, 11) is 0. The Morgan fingerprint density at radius 1 is 1.70 bits per heavy atom. The maximum atomic E-state index is 5.62. The first-order valence-electron chi connectivity index (χ1n) is 3.60. The zero-order chi connectivity index (χ0) is 7.40. The highest BCUT2D eigenvalue weighted by Crippen LogP contribution is 2.14. The van der Waals surface area contributed by atoms with E-state index in [-0.39, 0.29) is 0 Å². The van der Waals surface area contributed by atoms with Crippen molar-refractivity contribution in [1.29, 1.82) is 0 Å². The van der Waals surface area contributed by atoms with Crippen LogP contribution in [0.4, 0.5) is 0 Å². The second-order valence-electron chi connectivity index (χ2n) is 2.72. The van der Waals surface area contributed by atoms with Crippen molar-refractivity contribution in [2.45, 2.75) is 19.8 Å². The Labute approximate surface area is 66.8 Å². The molecule has 0 radical (unpaired) electrons. The van der Waals surface area contributed by atoms with Gasteiger partial charge in [0.2, 0.25) is 0 Å². The molecule has 0 aromatic carbocycles. The van der Waals surface area contributed by atoms with Crippen molar-refractivity contribution in [3.05, 3.63) is 11.8 Å². The van der Waals surface area contributed by atoms with Crippen LogP contribution in [0.2, 0.25) is 0 Å². The summed E-state index contributed by atoms with van der Waals surface area (Å²) in [6, 6.07) is 0. The Balaban J connectivity index is 2.57. The quantitative estimate of drug-likeness (QED) is 0.519. The highest BCUT2D eigenvalue weighted by molar-refractivity contribution is 6.19. The van der Waals surface area contributed by atoms with Gasteiger partial charge in [-0.15, -0.1) is 11.6 Å². The summed E-state index contributed by atoms with van der Waals surface area (Å²) in [6.45, 7) is 2.22. The molecule has 0 N–H and O–H groups in total. The third-order valence-electron chi connectivity index (χ3n) is 1.66. The number of hydrogen-bond acceptors (Lipinski definition) is 1. The number of rotatable bonds is 1. The second-order valence-corrected chi connectivity index (χ2v) is 2.98. The van der Waals surface area contributed by atoms with Crippen molar-refractivity contribution in [2.24, 2.45) is 10.9 Å². The maximum Gasteiger partial charge on any atom is 0.0643 e. The highest BCUT2D eigenvalue weighted by Gasteiger charge is 2.02. The third kappa shape index (κ3) is 2.14. The molecule has 2 heteroatoms. The fourth-order valence-electron chi connectivity index (χ4n) is 0.925. The van der Waals surface area contributed by atoms with Crippen molar-refractivity contribution in [1.82, 2.24) is 0 Å². The van der Waals surface area contributed by atoms with Crippen LogP contribution >= 0.6 is 11.6 Å². The average Bonchev–Trinajstić information content (AvgIpc) is 2.14. The fourth-order valence-corrected chi connectivity index (χ4v) is 1.10. The van der Waals surface area contributed by atoms with Crippen LogP contribution in [0.25, 0.3) is 0 Å². The zero-order valence-corrected chi connectivity index (χ0v) is 6.93. The molecule has 10 heavy (non-hydrogen) atoms. The van der Waals surface area contributed by atoms with Gasteiger partial charge in [-0.2, -0.15) is 0 Å². The van der Waals surface area contributed by atoms with Crippen molar-refractivity contribution in [3.63, 3.8) is 0 Å². The molecular weight excluding hydrogens is 146 g/mol. The molecule has 1 nitrogen and oxygen atoms in total. The number of hydrogen-bond donors (Lipinski definition) is 0. The van der Waals surface area contributed by atoms with Crippen molar-refractivity contribution >= 4 is 17.8 Å². The molecular formula is C8H12ClN. The smallest absolute Gasteiger partial charge is 0.0643 e. The van der Waals surface area contributed by atoms with E-state index < -0.39 is 0 Å². The van der Waals surface area contributed by atoms with Gasteiger partial charge in [0.25, 0.3) is 0 Å². The number of aliphatic imine (C=N–C) groups is 1. The third-order valence-corrected chi connectivity index (χ3v) is 1.93. The van der Waals surface area contributed by atoms with Gasteiger partial charge >= 0.3 is 0 Å². The Morgan fingerprint density at radius 2 is 2.50 bits per heavy atom. The molecule has 0 aliphatic carbocycles. The molecule has 1 atom stereocenters. The fraction of sp³-hybridized carbons (Fsp3) is 0.625. The number of halogens is 1. The molecule has 0 saturated heterocycles. The first-order chi connectivity index (χ1) is 4.83. The molecule has 56 valence electrons.